The number of morpholine rings is 1. The fraction of sp³-hybridized carbons (Fsp3) is 0.875. The molecule has 1 rings (SSSR count). The van der Waals surface area contributed by atoms with E-state index in [1.807, 2.05) is 6.92 Å². The smallest absolute Gasteiger partial charge is 0.328 e. The average Bonchev–Trinajstić information content (AvgIpc) is 2.17. The van der Waals surface area contributed by atoms with Gasteiger partial charge in [-0.1, -0.05) is 6.92 Å². The maximum absolute atomic E-state index is 11.4. The molecule has 1 fully saturated rings. The average molecular weight is 210 g/mol. The van der Waals surface area contributed by atoms with Crippen LogP contribution in [0, 0.1) is 0 Å². The molecule has 1 saturated heterocycles. The molecule has 1 atom stereocenters. The standard InChI is InChI=1S/C8H15NO3.ClH/c1-3-8(7(10)11-2)6-12-5-4-9-8;/h9H,3-6H2,1-2H3;1H. The third-order valence-corrected chi connectivity index (χ3v) is 2.24. The topological polar surface area (TPSA) is 47.6 Å². The fourth-order valence-electron chi connectivity index (χ4n) is 1.36. The summed E-state index contributed by atoms with van der Waals surface area (Å²) in [6.45, 7) is 3.73. The van der Waals surface area contributed by atoms with Crippen molar-refractivity contribution in [2.45, 2.75) is 18.9 Å². The summed E-state index contributed by atoms with van der Waals surface area (Å²) >= 11 is 0. The minimum absolute atomic E-state index is 0. The number of carbonyl (C=O) groups excluding carboxylic acids is 1. The van der Waals surface area contributed by atoms with Gasteiger partial charge in [0, 0.05) is 6.54 Å². The zero-order valence-electron chi connectivity index (χ0n) is 7.96. The lowest BCUT2D eigenvalue weighted by Crippen LogP contribution is -2.59. The van der Waals surface area contributed by atoms with Crippen LogP contribution in [0.5, 0.6) is 0 Å². The molecule has 78 valence electrons. The highest BCUT2D eigenvalue weighted by Crippen LogP contribution is 2.15. The van der Waals surface area contributed by atoms with E-state index in [4.69, 9.17) is 9.47 Å². The second-order valence-corrected chi connectivity index (χ2v) is 2.91. The molecule has 0 aromatic carbocycles. The number of hydrogen-bond donors (Lipinski definition) is 1. The van der Waals surface area contributed by atoms with Gasteiger partial charge in [-0.3, -0.25) is 5.32 Å². The van der Waals surface area contributed by atoms with Gasteiger partial charge in [0.15, 0.2) is 0 Å². The predicted molar refractivity (Wildman–Crippen MR) is 51.1 cm³/mol. The molecular weight excluding hydrogens is 194 g/mol. The Kier molecular flexibility index (Phi) is 5.29. The summed E-state index contributed by atoms with van der Waals surface area (Å²) in [5, 5.41) is 3.13. The highest BCUT2D eigenvalue weighted by molar-refractivity contribution is 5.85. The number of halogens is 1. The van der Waals surface area contributed by atoms with E-state index < -0.39 is 5.54 Å². The van der Waals surface area contributed by atoms with E-state index in [0.717, 1.165) is 0 Å². The quantitative estimate of drug-likeness (QED) is 0.667. The minimum atomic E-state index is -0.604. The lowest BCUT2D eigenvalue weighted by atomic mass is 9.96. The number of carbonyl (C=O) groups is 1. The molecule has 0 radical (unpaired) electrons. The lowest BCUT2D eigenvalue weighted by molar-refractivity contribution is -0.154. The van der Waals surface area contributed by atoms with E-state index in [0.29, 0.717) is 26.2 Å². The highest BCUT2D eigenvalue weighted by atomic mass is 35.5. The van der Waals surface area contributed by atoms with Crippen LogP contribution in [0.1, 0.15) is 13.3 Å². The van der Waals surface area contributed by atoms with Gasteiger partial charge in [-0.05, 0) is 6.42 Å². The summed E-state index contributed by atoms with van der Waals surface area (Å²) in [6.07, 6.45) is 0.694. The van der Waals surface area contributed by atoms with Crippen LogP contribution in [-0.4, -0.2) is 38.4 Å². The Morgan fingerprint density at radius 1 is 1.69 bits per heavy atom. The van der Waals surface area contributed by atoms with Crippen LogP contribution in [0.2, 0.25) is 0 Å². The van der Waals surface area contributed by atoms with Crippen molar-refractivity contribution < 1.29 is 14.3 Å². The third kappa shape index (κ3) is 2.56. The first-order valence-electron chi connectivity index (χ1n) is 4.16. The Morgan fingerprint density at radius 2 is 2.38 bits per heavy atom. The summed E-state index contributed by atoms with van der Waals surface area (Å²) in [5.41, 5.74) is -0.604. The number of hydrogen-bond acceptors (Lipinski definition) is 4. The maximum atomic E-state index is 11.4. The second kappa shape index (κ2) is 5.42. The first kappa shape index (κ1) is 12.7. The first-order valence-corrected chi connectivity index (χ1v) is 4.16. The molecule has 0 aliphatic carbocycles. The van der Waals surface area contributed by atoms with Gasteiger partial charge in [0.05, 0.1) is 20.3 Å². The Morgan fingerprint density at radius 3 is 2.77 bits per heavy atom. The van der Waals surface area contributed by atoms with Crippen molar-refractivity contribution in [2.24, 2.45) is 0 Å². The molecule has 13 heavy (non-hydrogen) atoms. The van der Waals surface area contributed by atoms with E-state index >= 15 is 0 Å². The van der Waals surface area contributed by atoms with E-state index in [1.54, 1.807) is 0 Å². The van der Waals surface area contributed by atoms with Crippen molar-refractivity contribution in [1.82, 2.24) is 5.32 Å². The van der Waals surface area contributed by atoms with E-state index in [-0.39, 0.29) is 18.4 Å². The maximum Gasteiger partial charge on any atom is 0.328 e. The van der Waals surface area contributed by atoms with Crippen LogP contribution in [0.4, 0.5) is 0 Å². The Balaban J connectivity index is 0.00000144. The van der Waals surface area contributed by atoms with E-state index in [9.17, 15) is 4.79 Å². The van der Waals surface area contributed by atoms with E-state index in [2.05, 4.69) is 5.32 Å². The molecule has 5 heteroatoms. The molecule has 0 bridgehead atoms. The second-order valence-electron chi connectivity index (χ2n) is 2.91. The van der Waals surface area contributed by atoms with Gasteiger partial charge in [-0.2, -0.15) is 0 Å². The Hall–Kier alpha value is -0.320. The van der Waals surface area contributed by atoms with Crippen molar-refractivity contribution in [1.29, 1.82) is 0 Å². The van der Waals surface area contributed by atoms with Gasteiger partial charge in [0.2, 0.25) is 0 Å². The monoisotopic (exact) mass is 209 g/mol. The number of ether oxygens (including phenoxy) is 2. The van der Waals surface area contributed by atoms with Crippen molar-refractivity contribution in [3.63, 3.8) is 0 Å². The molecule has 1 aliphatic heterocycles. The molecule has 1 N–H and O–H groups in total. The fourth-order valence-corrected chi connectivity index (χ4v) is 1.36. The molecule has 0 saturated carbocycles. The number of nitrogens with one attached hydrogen (secondary N) is 1. The van der Waals surface area contributed by atoms with Gasteiger partial charge in [-0.15, -0.1) is 12.4 Å². The Labute approximate surface area is 84.4 Å². The molecule has 0 aromatic heterocycles. The normalized spacial score (nSPS) is 27.5. The first-order chi connectivity index (χ1) is 5.75. The summed E-state index contributed by atoms with van der Waals surface area (Å²) in [6, 6.07) is 0. The molecule has 1 heterocycles. The Bertz CT molecular complexity index is 169. The number of rotatable bonds is 2. The molecule has 1 unspecified atom stereocenters. The van der Waals surface area contributed by atoms with Crippen molar-refractivity contribution in [3.8, 4) is 0 Å². The molecule has 0 amide bonds. The van der Waals surface area contributed by atoms with Crippen molar-refractivity contribution >= 4 is 18.4 Å². The van der Waals surface area contributed by atoms with Gasteiger partial charge >= 0.3 is 5.97 Å². The van der Waals surface area contributed by atoms with Gasteiger partial charge in [0.25, 0.3) is 0 Å². The zero-order valence-corrected chi connectivity index (χ0v) is 8.78. The van der Waals surface area contributed by atoms with Crippen molar-refractivity contribution in [3.05, 3.63) is 0 Å². The summed E-state index contributed by atoms with van der Waals surface area (Å²) in [4.78, 5) is 11.4. The zero-order chi connectivity index (χ0) is 9.03. The summed E-state index contributed by atoms with van der Waals surface area (Å²) < 4.78 is 9.94. The van der Waals surface area contributed by atoms with Gasteiger partial charge in [-0.25, -0.2) is 4.79 Å². The third-order valence-electron chi connectivity index (χ3n) is 2.24. The predicted octanol–water partition coefficient (Wildman–Crippen LogP) is 0.350. The molecule has 1 aliphatic rings. The SMILES string of the molecule is CCC1(C(=O)OC)COCCN1.Cl. The number of methoxy groups -OCH3 is 1. The summed E-state index contributed by atoms with van der Waals surface area (Å²) in [7, 11) is 1.40. The molecule has 0 aromatic rings. The molecule has 4 nitrogen and oxygen atoms in total. The number of esters is 1. The highest BCUT2D eigenvalue weighted by Gasteiger charge is 2.39. The molecule has 0 spiro atoms. The van der Waals surface area contributed by atoms with Gasteiger partial charge < -0.3 is 9.47 Å². The summed E-state index contributed by atoms with van der Waals surface area (Å²) in [5.74, 6) is -0.232. The van der Waals surface area contributed by atoms with Crippen LogP contribution in [0.3, 0.4) is 0 Å². The van der Waals surface area contributed by atoms with E-state index in [1.165, 1.54) is 7.11 Å². The minimum Gasteiger partial charge on any atom is -0.468 e. The van der Waals surface area contributed by atoms with Gasteiger partial charge in [0.1, 0.15) is 5.54 Å². The van der Waals surface area contributed by atoms with Crippen LogP contribution in [-0.2, 0) is 14.3 Å². The largest absolute Gasteiger partial charge is 0.468 e. The van der Waals surface area contributed by atoms with Crippen LogP contribution < -0.4 is 5.32 Å². The lowest BCUT2D eigenvalue weighted by Gasteiger charge is -2.34. The van der Waals surface area contributed by atoms with Crippen LogP contribution in [0.15, 0.2) is 0 Å². The molecular formula is C8H16ClNO3. The van der Waals surface area contributed by atoms with Crippen LogP contribution in [0.25, 0.3) is 0 Å². The van der Waals surface area contributed by atoms with Crippen LogP contribution >= 0.6 is 12.4 Å². The van der Waals surface area contributed by atoms with Crippen molar-refractivity contribution in [2.75, 3.05) is 26.9 Å².